The van der Waals surface area contributed by atoms with Gasteiger partial charge >= 0.3 is 0 Å². The van der Waals surface area contributed by atoms with Gasteiger partial charge in [0.1, 0.15) is 12.0 Å². The summed E-state index contributed by atoms with van der Waals surface area (Å²) in [4.78, 5) is 23.3. The third kappa shape index (κ3) is 2.71. The van der Waals surface area contributed by atoms with Crippen LogP contribution < -0.4 is 4.90 Å². The molecule has 0 saturated carbocycles. The molecular formula is C13H13N3O3. The van der Waals surface area contributed by atoms with E-state index in [-0.39, 0.29) is 11.6 Å². The second kappa shape index (κ2) is 5.48. The van der Waals surface area contributed by atoms with Gasteiger partial charge in [0.05, 0.1) is 16.6 Å². The summed E-state index contributed by atoms with van der Waals surface area (Å²) in [6.07, 6.45) is 2.52. The van der Waals surface area contributed by atoms with E-state index in [1.54, 1.807) is 0 Å². The average Bonchev–Trinajstić information content (AvgIpc) is 2.46. The second-order valence-electron chi connectivity index (χ2n) is 4.56. The van der Waals surface area contributed by atoms with E-state index in [4.69, 9.17) is 5.26 Å². The fourth-order valence-electron chi connectivity index (χ4n) is 2.34. The van der Waals surface area contributed by atoms with Crippen molar-refractivity contribution in [3.05, 3.63) is 33.9 Å². The Morgan fingerprint density at radius 3 is 2.95 bits per heavy atom. The highest BCUT2D eigenvalue weighted by Gasteiger charge is 2.25. The first kappa shape index (κ1) is 13.0. The van der Waals surface area contributed by atoms with E-state index < -0.39 is 4.92 Å². The molecule has 1 unspecified atom stereocenters. The predicted octanol–water partition coefficient (Wildman–Crippen LogP) is 1.88. The molecule has 1 saturated heterocycles. The Kier molecular flexibility index (Phi) is 3.76. The molecule has 19 heavy (non-hydrogen) atoms. The summed E-state index contributed by atoms with van der Waals surface area (Å²) >= 11 is 0. The quantitative estimate of drug-likeness (QED) is 0.470. The molecular weight excluding hydrogens is 246 g/mol. The number of nitriles is 1. The summed E-state index contributed by atoms with van der Waals surface area (Å²) < 4.78 is 0. The Bertz CT molecular complexity index is 551. The molecule has 0 aliphatic carbocycles. The van der Waals surface area contributed by atoms with Crippen LogP contribution in [0.3, 0.4) is 0 Å². The molecule has 6 heteroatoms. The summed E-state index contributed by atoms with van der Waals surface area (Å²) in [5.41, 5.74) is 0.787. The van der Waals surface area contributed by atoms with Gasteiger partial charge < -0.3 is 9.69 Å². The number of hydrogen-bond donors (Lipinski definition) is 0. The van der Waals surface area contributed by atoms with Gasteiger partial charge in [0.25, 0.3) is 5.69 Å². The summed E-state index contributed by atoms with van der Waals surface area (Å²) in [5, 5.41) is 19.9. The van der Waals surface area contributed by atoms with Crippen molar-refractivity contribution in [3.8, 4) is 6.07 Å². The van der Waals surface area contributed by atoms with E-state index in [0.717, 1.165) is 19.1 Å². The van der Waals surface area contributed by atoms with Crippen LogP contribution in [0, 0.1) is 27.4 Å². The van der Waals surface area contributed by atoms with Crippen LogP contribution in [-0.4, -0.2) is 24.3 Å². The van der Waals surface area contributed by atoms with E-state index >= 15 is 0 Å². The SMILES string of the molecule is N#Cc1ccc([N+](=O)[O-])c(N2CCCC(C=O)C2)c1. The van der Waals surface area contributed by atoms with Gasteiger partial charge in [0, 0.05) is 25.1 Å². The fourth-order valence-corrected chi connectivity index (χ4v) is 2.34. The topological polar surface area (TPSA) is 87.2 Å². The van der Waals surface area contributed by atoms with E-state index in [9.17, 15) is 14.9 Å². The van der Waals surface area contributed by atoms with Gasteiger partial charge in [-0.2, -0.15) is 5.26 Å². The highest BCUT2D eigenvalue weighted by molar-refractivity contribution is 5.67. The molecule has 0 aromatic heterocycles. The monoisotopic (exact) mass is 259 g/mol. The van der Waals surface area contributed by atoms with Crippen LogP contribution in [0.25, 0.3) is 0 Å². The molecule has 2 rings (SSSR count). The largest absolute Gasteiger partial charge is 0.365 e. The zero-order chi connectivity index (χ0) is 13.8. The Morgan fingerprint density at radius 1 is 1.53 bits per heavy atom. The number of nitrogens with zero attached hydrogens (tertiary/aromatic N) is 3. The maximum atomic E-state index is 11.0. The first-order chi connectivity index (χ1) is 9.15. The lowest BCUT2D eigenvalue weighted by Gasteiger charge is -2.31. The fraction of sp³-hybridized carbons (Fsp3) is 0.385. The second-order valence-corrected chi connectivity index (χ2v) is 4.56. The maximum Gasteiger partial charge on any atom is 0.292 e. The van der Waals surface area contributed by atoms with Crippen LogP contribution in [0.2, 0.25) is 0 Å². The van der Waals surface area contributed by atoms with E-state index in [1.165, 1.54) is 18.2 Å². The van der Waals surface area contributed by atoms with Gasteiger partial charge in [-0.05, 0) is 25.0 Å². The van der Waals surface area contributed by atoms with Gasteiger partial charge in [-0.15, -0.1) is 0 Å². The number of aldehydes is 1. The van der Waals surface area contributed by atoms with E-state index in [2.05, 4.69) is 0 Å². The maximum absolute atomic E-state index is 11.0. The van der Waals surface area contributed by atoms with Crippen LogP contribution >= 0.6 is 0 Å². The van der Waals surface area contributed by atoms with Crippen molar-refractivity contribution in [1.82, 2.24) is 0 Å². The van der Waals surface area contributed by atoms with Gasteiger partial charge in [0.15, 0.2) is 0 Å². The number of rotatable bonds is 3. The highest BCUT2D eigenvalue weighted by atomic mass is 16.6. The summed E-state index contributed by atoms with van der Waals surface area (Å²) in [6, 6.07) is 6.28. The molecule has 1 atom stereocenters. The normalized spacial score (nSPS) is 18.7. The first-order valence-electron chi connectivity index (χ1n) is 6.04. The van der Waals surface area contributed by atoms with E-state index in [1.807, 2.05) is 11.0 Å². The first-order valence-corrected chi connectivity index (χ1v) is 6.04. The third-order valence-electron chi connectivity index (χ3n) is 3.29. The molecule has 0 amide bonds. The van der Waals surface area contributed by atoms with Crippen LogP contribution in [0.5, 0.6) is 0 Å². The molecule has 1 aliphatic heterocycles. The van der Waals surface area contributed by atoms with E-state index in [0.29, 0.717) is 24.3 Å². The molecule has 1 aromatic rings. The number of anilines is 1. The number of carbonyl (C=O) groups excluding carboxylic acids is 1. The summed E-state index contributed by atoms with van der Waals surface area (Å²) in [7, 11) is 0. The number of hydrogen-bond acceptors (Lipinski definition) is 5. The minimum absolute atomic E-state index is 0.0226. The lowest BCUT2D eigenvalue weighted by Crippen LogP contribution is -2.36. The lowest BCUT2D eigenvalue weighted by molar-refractivity contribution is -0.384. The zero-order valence-electron chi connectivity index (χ0n) is 10.3. The van der Waals surface area contributed by atoms with Gasteiger partial charge in [-0.25, -0.2) is 0 Å². The Labute approximate surface area is 110 Å². The van der Waals surface area contributed by atoms with Crippen molar-refractivity contribution >= 4 is 17.7 Å². The summed E-state index contributed by atoms with van der Waals surface area (Å²) in [5.74, 6) is -0.0981. The van der Waals surface area contributed by atoms with Crippen LogP contribution in [-0.2, 0) is 4.79 Å². The number of benzene rings is 1. The standard InChI is InChI=1S/C13H13N3O3/c14-7-10-3-4-12(16(18)19)13(6-10)15-5-1-2-11(8-15)9-17/h3-4,6,9,11H,1-2,5,8H2. The molecule has 1 aromatic carbocycles. The molecule has 1 heterocycles. The molecule has 0 radical (unpaired) electrons. The Morgan fingerprint density at radius 2 is 2.32 bits per heavy atom. The number of piperidine rings is 1. The zero-order valence-corrected chi connectivity index (χ0v) is 10.3. The van der Waals surface area contributed by atoms with Crippen molar-refractivity contribution in [3.63, 3.8) is 0 Å². The van der Waals surface area contributed by atoms with Gasteiger partial charge in [-0.3, -0.25) is 10.1 Å². The van der Waals surface area contributed by atoms with Crippen molar-refractivity contribution in [2.24, 2.45) is 5.92 Å². The molecule has 0 N–H and O–H groups in total. The molecule has 0 spiro atoms. The molecule has 6 nitrogen and oxygen atoms in total. The number of nitro benzene ring substituents is 1. The van der Waals surface area contributed by atoms with Gasteiger partial charge in [0.2, 0.25) is 0 Å². The molecule has 1 fully saturated rings. The number of nitro groups is 1. The van der Waals surface area contributed by atoms with Crippen molar-refractivity contribution < 1.29 is 9.72 Å². The Hall–Kier alpha value is -2.42. The van der Waals surface area contributed by atoms with Crippen molar-refractivity contribution in [1.29, 1.82) is 5.26 Å². The average molecular weight is 259 g/mol. The van der Waals surface area contributed by atoms with Crippen molar-refractivity contribution in [2.45, 2.75) is 12.8 Å². The molecule has 1 aliphatic rings. The van der Waals surface area contributed by atoms with Crippen LogP contribution in [0.15, 0.2) is 18.2 Å². The third-order valence-corrected chi connectivity index (χ3v) is 3.29. The number of carbonyl (C=O) groups is 1. The molecule has 98 valence electrons. The van der Waals surface area contributed by atoms with Crippen LogP contribution in [0.1, 0.15) is 18.4 Å². The minimum atomic E-state index is -0.457. The Balaban J connectivity index is 2.38. The minimum Gasteiger partial charge on any atom is -0.365 e. The van der Waals surface area contributed by atoms with Crippen molar-refractivity contribution in [2.75, 3.05) is 18.0 Å². The predicted molar refractivity (Wildman–Crippen MR) is 68.8 cm³/mol. The highest BCUT2D eigenvalue weighted by Crippen LogP contribution is 2.32. The smallest absolute Gasteiger partial charge is 0.292 e. The lowest BCUT2D eigenvalue weighted by atomic mass is 9.98. The van der Waals surface area contributed by atoms with Gasteiger partial charge in [-0.1, -0.05) is 0 Å². The molecule has 0 bridgehead atoms. The van der Waals surface area contributed by atoms with Crippen LogP contribution in [0.4, 0.5) is 11.4 Å². The summed E-state index contributed by atoms with van der Waals surface area (Å²) in [6.45, 7) is 1.14.